The Morgan fingerprint density at radius 2 is 2.17 bits per heavy atom. The van der Waals surface area contributed by atoms with Gasteiger partial charge in [-0.05, 0) is 25.0 Å². The number of benzene rings is 1. The number of imidazole rings is 1. The molecule has 2 heterocycles. The van der Waals surface area contributed by atoms with Crippen LogP contribution in [0.5, 0.6) is 11.5 Å². The fourth-order valence-corrected chi connectivity index (χ4v) is 2.82. The van der Waals surface area contributed by atoms with Crippen LogP contribution in [-0.2, 0) is 12.8 Å². The molecule has 0 spiro atoms. The lowest BCUT2D eigenvalue weighted by molar-refractivity contribution is 0.297. The van der Waals surface area contributed by atoms with Gasteiger partial charge in [0.05, 0.1) is 18.5 Å². The number of aryl methyl sites for hydroxylation is 2. The number of ether oxygens (including phenoxy) is 1. The summed E-state index contributed by atoms with van der Waals surface area (Å²) in [6.45, 7) is 0. The molecule has 0 bridgehead atoms. The van der Waals surface area contributed by atoms with Crippen molar-refractivity contribution in [2.24, 2.45) is 5.28 Å². The first-order chi connectivity index (χ1) is 11.6. The Morgan fingerprint density at radius 3 is 2.92 bits per heavy atom. The van der Waals surface area contributed by atoms with Crippen molar-refractivity contribution < 1.29 is 9.57 Å². The van der Waals surface area contributed by atoms with Crippen molar-refractivity contribution in [3.63, 3.8) is 0 Å². The monoisotopic (exact) mass is 345 g/mol. The number of methoxy groups -OCH3 is 1. The second-order valence-electron chi connectivity index (χ2n) is 5.16. The van der Waals surface area contributed by atoms with Crippen LogP contribution in [0.3, 0.4) is 0 Å². The van der Waals surface area contributed by atoms with Crippen molar-refractivity contribution in [3.8, 4) is 11.5 Å². The molecule has 124 valence electrons. The van der Waals surface area contributed by atoms with E-state index in [-0.39, 0.29) is 0 Å². The molecule has 0 aliphatic heterocycles. The molecule has 8 heteroatoms. The number of nitrogens with two attached hydrogens (primary N) is 1. The van der Waals surface area contributed by atoms with Gasteiger partial charge in [-0.15, -0.1) is 0 Å². The molecule has 0 saturated carbocycles. The zero-order chi connectivity index (χ0) is 17.1. The first-order valence-corrected chi connectivity index (χ1v) is 7.63. The molecule has 3 N–H and O–H groups in total. The summed E-state index contributed by atoms with van der Waals surface area (Å²) in [5.41, 5.74) is 15.5. The summed E-state index contributed by atoms with van der Waals surface area (Å²) < 4.78 is 7.00. The minimum atomic E-state index is 0.397. The summed E-state index contributed by atoms with van der Waals surface area (Å²) in [4.78, 5) is 9.52. The second-order valence-corrected chi connectivity index (χ2v) is 5.52. The van der Waals surface area contributed by atoms with Gasteiger partial charge in [0.15, 0.2) is 5.75 Å². The lowest BCUT2D eigenvalue weighted by atomic mass is 10.1. The molecule has 0 amide bonds. The minimum absolute atomic E-state index is 0.397. The third-order valence-electron chi connectivity index (χ3n) is 3.74. The standard InChI is InChI=1S/C16H16ClN5O2/c1-23-11-7-8-22-14(9-11)20-13(16(22)17)6-5-10-3-2-4-12(18)15(10)24-21-19/h2-4,7-9,19H,5-6,18H2,1H3. The van der Waals surface area contributed by atoms with Crippen molar-refractivity contribution in [1.29, 1.82) is 5.53 Å². The fraction of sp³-hybridized carbons (Fsp3) is 0.188. The number of halogens is 1. The van der Waals surface area contributed by atoms with Gasteiger partial charge in [0.1, 0.15) is 16.5 Å². The van der Waals surface area contributed by atoms with E-state index in [1.54, 1.807) is 17.6 Å². The van der Waals surface area contributed by atoms with Gasteiger partial charge in [-0.2, -0.15) is 5.53 Å². The SMILES string of the molecule is COc1ccn2c(Cl)c(CCc3cccc(N)c3ON=N)nc2c1. The third kappa shape index (κ3) is 2.98. The number of rotatable bonds is 6. The van der Waals surface area contributed by atoms with Gasteiger partial charge < -0.3 is 15.3 Å². The smallest absolute Gasteiger partial charge is 0.185 e. The molecule has 3 aromatic rings. The maximum atomic E-state index is 6.87. The van der Waals surface area contributed by atoms with E-state index in [0.717, 1.165) is 22.7 Å². The van der Waals surface area contributed by atoms with E-state index in [1.165, 1.54) is 0 Å². The third-order valence-corrected chi connectivity index (χ3v) is 4.14. The highest BCUT2D eigenvalue weighted by Crippen LogP contribution is 2.29. The van der Waals surface area contributed by atoms with Crippen molar-refractivity contribution in [2.45, 2.75) is 12.8 Å². The summed E-state index contributed by atoms with van der Waals surface area (Å²) >= 11 is 6.41. The highest BCUT2D eigenvalue weighted by Gasteiger charge is 2.14. The van der Waals surface area contributed by atoms with Gasteiger partial charge in [-0.3, -0.25) is 4.40 Å². The van der Waals surface area contributed by atoms with Crippen LogP contribution in [0.1, 0.15) is 11.3 Å². The lowest BCUT2D eigenvalue weighted by Crippen LogP contribution is -1.99. The topological polar surface area (TPSA) is 98.0 Å². The highest BCUT2D eigenvalue weighted by molar-refractivity contribution is 6.30. The summed E-state index contributed by atoms with van der Waals surface area (Å²) in [7, 11) is 1.61. The molecule has 0 atom stereocenters. The normalized spacial score (nSPS) is 10.8. The van der Waals surface area contributed by atoms with Crippen LogP contribution in [0.2, 0.25) is 5.15 Å². The molecule has 0 radical (unpaired) electrons. The van der Waals surface area contributed by atoms with Crippen molar-refractivity contribution >= 4 is 22.9 Å². The molecular weight excluding hydrogens is 330 g/mol. The number of hydrogen-bond donors (Lipinski definition) is 2. The quantitative estimate of drug-likeness (QED) is 0.404. The first-order valence-electron chi connectivity index (χ1n) is 7.25. The summed E-state index contributed by atoms with van der Waals surface area (Å²) in [5, 5.41) is 3.52. The van der Waals surface area contributed by atoms with Crippen LogP contribution in [0.15, 0.2) is 41.8 Å². The number of fused-ring (bicyclic) bond motifs is 1. The van der Waals surface area contributed by atoms with Crippen molar-refractivity contribution in [1.82, 2.24) is 9.38 Å². The van der Waals surface area contributed by atoms with Gasteiger partial charge in [0, 0.05) is 23.1 Å². The van der Waals surface area contributed by atoms with E-state index in [2.05, 4.69) is 10.3 Å². The largest absolute Gasteiger partial charge is 0.497 e. The van der Waals surface area contributed by atoms with Crippen molar-refractivity contribution in [3.05, 3.63) is 52.9 Å². The van der Waals surface area contributed by atoms with E-state index >= 15 is 0 Å². The van der Waals surface area contributed by atoms with Gasteiger partial charge >= 0.3 is 0 Å². The zero-order valence-electron chi connectivity index (χ0n) is 13.0. The Kier molecular flexibility index (Phi) is 4.52. The predicted octanol–water partition coefficient (Wildman–Crippen LogP) is 3.69. The van der Waals surface area contributed by atoms with Gasteiger partial charge in [-0.25, -0.2) is 4.98 Å². The van der Waals surface area contributed by atoms with Gasteiger partial charge in [-0.1, -0.05) is 23.7 Å². The number of aromatic nitrogens is 2. The zero-order valence-corrected chi connectivity index (χ0v) is 13.7. The molecule has 0 saturated heterocycles. The summed E-state index contributed by atoms with van der Waals surface area (Å²) in [5.74, 6) is 1.12. The molecule has 0 aliphatic rings. The van der Waals surface area contributed by atoms with E-state index in [4.69, 9.17) is 32.4 Å². The number of nitrogens with one attached hydrogen (secondary N) is 1. The maximum Gasteiger partial charge on any atom is 0.185 e. The average Bonchev–Trinajstić information content (AvgIpc) is 2.91. The maximum absolute atomic E-state index is 6.87. The number of nitrogens with zero attached hydrogens (tertiary/aromatic N) is 3. The van der Waals surface area contributed by atoms with E-state index in [0.29, 0.717) is 29.4 Å². The van der Waals surface area contributed by atoms with Crippen LogP contribution < -0.4 is 15.3 Å². The number of pyridine rings is 1. The van der Waals surface area contributed by atoms with E-state index in [9.17, 15) is 0 Å². The summed E-state index contributed by atoms with van der Waals surface area (Å²) in [6, 6.07) is 9.06. The average molecular weight is 346 g/mol. The molecular formula is C16H16ClN5O2. The Balaban J connectivity index is 1.87. The predicted molar refractivity (Wildman–Crippen MR) is 90.8 cm³/mol. The molecule has 1 aromatic carbocycles. The molecule has 3 rings (SSSR count). The number of nitrogen functional groups attached to an aromatic ring is 1. The Labute approximate surface area is 143 Å². The number of anilines is 1. The molecule has 2 aromatic heterocycles. The van der Waals surface area contributed by atoms with Gasteiger partial charge in [0.2, 0.25) is 0 Å². The second kappa shape index (κ2) is 6.76. The molecule has 0 fully saturated rings. The minimum Gasteiger partial charge on any atom is -0.497 e. The molecule has 7 nitrogen and oxygen atoms in total. The lowest BCUT2D eigenvalue weighted by Gasteiger charge is -2.08. The first kappa shape index (κ1) is 16.1. The molecule has 24 heavy (non-hydrogen) atoms. The van der Waals surface area contributed by atoms with Crippen LogP contribution in [0.25, 0.3) is 5.65 Å². The van der Waals surface area contributed by atoms with Gasteiger partial charge in [0.25, 0.3) is 0 Å². The van der Waals surface area contributed by atoms with Crippen LogP contribution in [-0.4, -0.2) is 16.5 Å². The van der Waals surface area contributed by atoms with E-state index < -0.39 is 0 Å². The fourth-order valence-electron chi connectivity index (χ4n) is 2.54. The molecule has 0 aliphatic carbocycles. The Morgan fingerprint density at radius 1 is 1.33 bits per heavy atom. The van der Waals surface area contributed by atoms with E-state index in [1.807, 2.05) is 30.5 Å². The number of para-hydroxylation sites is 1. The summed E-state index contributed by atoms with van der Waals surface area (Å²) in [6.07, 6.45) is 3.03. The Bertz CT molecular complexity index is 894. The number of hydrogen-bond acceptors (Lipinski definition) is 6. The van der Waals surface area contributed by atoms with Crippen LogP contribution >= 0.6 is 11.6 Å². The highest BCUT2D eigenvalue weighted by atomic mass is 35.5. The Hall–Kier alpha value is -2.80. The molecule has 0 unspecified atom stereocenters. The van der Waals surface area contributed by atoms with Crippen molar-refractivity contribution in [2.75, 3.05) is 12.8 Å². The van der Waals surface area contributed by atoms with Crippen LogP contribution in [0.4, 0.5) is 5.69 Å². The van der Waals surface area contributed by atoms with Crippen LogP contribution in [0, 0.1) is 5.53 Å².